The molecule has 1 atom stereocenters. The zero-order valence-electron chi connectivity index (χ0n) is 14.8. The Hall–Kier alpha value is -1.28. The number of hydrogen-bond donors (Lipinski definition) is 1. The Bertz CT molecular complexity index is 580. The van der Waals surface area contributed by atoms with Gasteiger partial charge in [0.25, 0.3) is 0 Å². The number of aromatic nitrogens is 3. The molecule has 7 nitrogen and oxygen atoms in total. The monoisotopic (exact) mass is 356 g/mol. The number of carbonyl (C=O) groups excluding carboxylic acids is 1. The highest BCUT2D eigenvalue weighted by molar-refractivity contribution is 8.00. The molecular weight excluding hydrogens is 328 g/mol. The second-order valence-corrected chi connectivity index (χ2v) is 7.62. The molecule has 24 heavy (non-hydrogen) atoms. The van der Waals surface area contributed by atoms with E-state index >= 15 is 0 Å². The van der Waals surface area contributed by atoms with E-state index in [2.05, 4.69) is 10.2 Å². The largest absolute Gasteiger partial charge is 0.385 e. The maximum atomic E-state index is 12.7. The number of ether oxygens (including phenoxy) is 1. The Morgan fingerprint density at radius 2 is 2.17 bits per heavy atom. The number of amides is 1. The van der Waals surface area contributed by atoms with Gasteiger partial charge in [-0.3, -0.25) is 9.36 Å². The lowest BCUT2D eigenvalue weighted by Crippen LogP contribution is -2.42. The summed E-state index contributed by atoms with van der Waals surface area (Å²) in [6.45, 7) is 3.00. The number of methoxy groups -OCH3 is 1. The fraction of sp³-hybridized carbons (Fsp3) is 0.812. The first-order chi connectivity index (χ1) is 11.5. The van der Waals surface area contributed by atoms with Crippen LogP contribution in [0.5, 0.6) is 0 Å². The van der Waals surface area contributed by atoms with Crippen molar-refractivity contribution in [3.63, 3.8) is 0 Å². The minimum absolute atomic E-state index is 0.103. The SMILES string of the molecule is COCCCn1c(SC(C)C(=O)N(C)C2CCCCC2)n[nH]c1=O. The molecule has 1 aromatic rings. The standard InChI is InChI=1S/C16H28N4O3S/c1-12(14(21)19(2)13-8-5-4-6-9-13)24-16-18-17-15(22)20(16)10-7-11-23-3/h12-13H,4-11H2,1-3H3,(H,17,22). The van der Waals surface area contributed by atoms with Crippen LogP contribution >= 0.6 is 11.8 Å². The summed E-state index contributed by atoms with van der Waals surface area (Å²) in [7, 11) is 3.53. The van der Waals surface area contributed by atoms with E-state index in [4.69, 9.17) is 4.74 Å². The van der Waals surface area contributed by atoms with Crippen molar-refractivity contribution >= 4 is 17.7 Å². The van der Waals surface area contributed by atoms with Gasteiger partial charge in [0.2, 0.25) is 5.91 Å². The van der Waals surface area contributed by atoms with E-state index in [1.807, 2.05) is 18.9 Å². The van der Waals surface area contributed by atoms with Crippen molar-refractivity contribution in [2.75, 3.05) is 20.8 Å². The number of rotatable bonds is 8. The van der Waals surface area contributed by atoms with Gasteiger partial charge in [-0.2, -0.15) is 0 Å². The molecule has 2 rings (SSSR count). The van der Waals surface area contributed by atoms with Gasteiger partial charge in [-0.1, -0.05) is 31.0 Å². The number of hydrogen-bond acceptors (Lipinski definition) is 5. The smallest absolute Gasteiger partial charge is 0.343 e. The second-order valence-electron chi connectivity index (χ2n) is 6.31. The van der Waals surface area contributed by atoms with Crippen molar-refractivity contribution in [2.24, 2.45) is 0 Å². The lowest BCUT2D eigenvalue weighted by atomic mass is 9.94. The van der Waals surface area contributed by atoms with Gasteiger partial charge in [0.1, 0.15) is 0 Å². The highest BCUT2D eigenvalue weighted by atomic mass is 32.2. The Labute approximate surface area is 147 Å². The number of thioether (sulfide) groups is 1. The third-order valence-corrected chi connectivity index (χ3v) is 5.63. The minimum Gasteiger partial charge on any atom is -0.385 e. The van der Waals surface area contributed by atoms with Crippen LogP contribution in [-0.4, -0.2) is 57.6 Å². The Balaban J connectivity index is 1.96. The summed E-state index contributed by atoms with van der Waals surface area (Å²) in [5, 5.41) is 6.83. The van der Waals surface area contributed by atoms with E-state index < -0.39 is 0 Å². The van der Waals surface area contributed by atoms with E-state index in [0.29, 0.717) is 24.3 Å². The molecule has 8 heteroatoms. The van der Waals surface area contributed by atoms with Crippen LogP contribution in [0.1, 0.15) is 45.4 Å². The maximum Gasteiger partial charge on any atom is 0.343 e. The predicted octanol–water partition coefficient (Wildman–Crippen LogP) is 1.88. The van der Waals surface area contributed by atoms with Crippen LogP contribution in [0, 0.1) is 0 Å². The van der Waals surface area contributed by atoms with Crippen molar-refractivity contribution in [1.82, 2.24) is 19.7 Å². The van der Waals surface area contributed by atoms with Crippen LogP contribution in [0.2, 0.25) is 0 Å². The van der Waals surface area contributed by atoms with Gasteiger partial charge in [-0.25, -0.2) is 9.89 Å². The number of aromatic amines is 1. The fourth-order valence-electron chi connectivity index (χ4n) is 3.10. The molecule has 0 saturated heterocycles. The molecule has 1 unspecified atom stereocenters. The highest BCUT2D eigenvalue weighted by Gasteiger charge is 2.27. The minimum atomic E-state index is -0.270. The first-order valence-electron chi connectivity index (χ1n) is 8.62. The molecule has 0 spiro atoms. The third kappa shape index (κ3) is 4.86. The first kappa shape index (κ1) is 19.1. The van der Waals surface area contributed by atoms with Gasteiger partial charge in [0.15, 0.2) is 5.16 Å². The number of nitrogens with zero attached hydrogens (tertiary/aromatic N) is 3. The lowest BCUT2D eigenvalue weighted by Gasteiger charge is -2.32. The number of H-pyrrole nitrogens is 1. The molecule has 0 aliphatic heterocycles. The summed E-state index contributed by atoms with van der Waals surface area (Å²) in [5.41, 5.74) is -0.242. The van der Waals surface area contributed by atoms with Crippen LogP contribution in [0.25, 0.3) is 0 Å². The quantitative estimate of drug-likeness (QED) is 0.568. The van der Waals surface area contributed by atoms with Crippen LogP contribution in [-0.2, 0) is 16.1 Å². The summed E-state index contributed by atoms with van der Waals surface area (Å²) >= 11 is 1.34. The summed E-state index contributed by atoms with van der Waals surface area (Å²) in [5.74, 6) is 0.103. The topological polar surface area (TPSA) is 80.2 Å². The molecule has 0 bridgehead atoms. The molecule has 0 radical (unpaired) electrons. The van der Waals surface area contributed by atoms with Crippen molar-refractivity contribution in [3.05, 3.63) is 10.5 Å². The van der Waals surface area contributed by atoms with E-state index in [1.54, 1.807) is 11.7 Å². The molecule has 1 fully saturated rings. The van der Waals surface area contributed by atoms with Gasteiger partial charge in [0.05, 0.1) is 5.25 Å². The second kappa shape index (κ2) is 9.27. The third-order valence-electron chi connectivity index (χ3n) is 4.55. The highest BCUT2D eigenvalue weighted by Crippen LogP contribution is 2.26. The van der Waals surface area contributed by atoms with Crippen molar-refractivity contribution < 1.29 is 9.53 Å². The van der Waals surface area contributed by atoms with E-state index in [1.165, 1.54) is 31.0 Å². The van der Waals surface area contributed by atoms with Gasteiger partial charge in [0, 0.05) is 33.4 Å². The summed E-state index contributed by atoms with van der Waals surface area (Å²) in [6.07, 6.45) is 6.57. The van der Waals surface area contributed by atoms with Gasteiger partial charge in [-0.05, 0) is 26.2 Å². The molecule has 1 saturated carbocycles. The zero-order chi connectivity index (χ0) is 17.5. The van der Waals surface area contributed by atoms with E-state index in [-0.39, 0.29) is 16.8 Å². The average molecular weight is 356 g/mol. The Morgan fingerprint density at radius 1 is 1.46 bits per heavy atom. The van der Waals surface area contributed by atoms with Crippen molar-refractivity contribution in [2.45, 2.75) is 68.4 Å². The van der Waals surface area contributed by atoms with Gasteiger partial charge < -0.3 is 9.64 Å². The number of nitrogens with one attached hydrogen (secondary N) is 1. The maximum absolute atomic E-state index is 12.7. The fourth-order valence-corrected chi connectivity index (χ4v) is 4.08. The molecule has 1 aliphatic rings. The molecule has 0 aromatic carbocycles. The Kier molecular flexibility index (Phi) is 7.36. The van der Waals surface area contributed by atoms with E-state index in [9.17, 15) is 9.59 Å². The van der Waals surface area contributed by atoms with Crippen LogP contribution in [0.3, 0.4) is 0 Å². The van der Waals surface area contributed by atoms with Gasteiger partial charge in [-0.15, -0.1) is 5.10 Å². The predicted molar refractivity (Wildman–Crippen MR) is 94.3 cm³/mol. The van der Waals surface area contributed by atoms with Crippen LogP contribution in [0.15, 0.2) is 9.95 Å². The first-order valence-corrected chi connectivity index (χ1v) is 9.50. The summed E-state index contributed by atoms with van der Waals surface area (Å²) in [4.78, 5) is 26.4. The normalized spacial score (nSPS) is 17.0. The Morgan fingerprint density at radius 3 is 2.83 bits per heavy atom. The molecule has 136 valence electrons. The molecule has 1 heterocycles. The van der Waals surface area contributed by atoms with Crippen molar-refractivity contribution in [1.29, 1.82) is 0 Å². The molecule has 1 aliphatic carbocycles. The summed E-state index contributed by atoms with van der Waals surface area (Å²) in [6, 6.07) is 0.345. The lowest BCUT2D eigenvalue weighted by molar-refractivity contribution is -0.131. The molecule has 1 aromatic heterocycles. The van der Waals surface area contributed by atoms with E-state index in [0.717, 1.165) is 19.3 Å². The number of carbonyl (C=O) groups is 1. The van der Waals surface area contributed by atoms with Crippen LogP contribution in [0.4, 0.5) is 0 Å². The molecular formula is C16H28N4O3S. The molecule has 1 N–H and O–H groups in total. The molecule has 1 amide bonds. The average Bonchev–Trinajstić information content (AvgIpc) is 2.94. The van der Waals surface area contributed by atoms with Crippen molar-refractivity contribution in [3.8, 4) is 0 Å². The van der Waals surface area contributed by atoms with Gasteiger partial charge >= 0.3 is 5.69 Å². The van der Waals surface area contributed by atoms with Crippen LogP contribution < -0.4 is 5.69 Å². The summed E-state index contributed by atoms with van der Waals surface area (Å²) < 4.78 is 6.60. The zero-order valence-corrected chi connectivity index (χ0v) is 15.6.